The minimum atomic E-state index is -0.814. The van der Waals surface area contributed by atoms with Crippen molar-refractivity contribution in [1.29, 1.82) is 0 Å². The quantitative estimate of drug-likeness (QED) is 0.820. The highest BCUT2D eigenvalue weighted by molar-refractivity contribution is 6.39. The standard InChI is InChI=1S/C19H22FN3O2/c1-13-4-7-15(12-17(13)20)22-19(25)18(24)21-11-10-14-5-8-16(9-6-14)23(2)3/h4-9,12H,10-11H2,1-3H3,(H,21,24)(H,22,25). The smallest absolute Gasteiger partial charge is 0.313 e. The molecule has 2 rings (SSSR count). The molecular formula is C19H22FN3O2. The van der Waals surface area contributed by atoms with Crippen LogP contribution in [0.1, 0.15) is 11.1 Å². The van der Waals surface area contributed by atoms with E-state index in [1.807, 2.05) is 43.3 Å². The molecule has 0 saturated carbocycles. The van der Waals surface area contributed by atoms with Gasteiger partial charge in [0, 0.05) is 32.0 Å². The number of amides is 2. The maximum atomic E-state index is 13.4. The molecule has 0 atom stereocenters. The molecule has 132 valence electrons. The van der Waals surface area contributed by atoms with Gasteiger partial charge in [-0.1, -0.05) is 18.2 Å². The Bertz CT molecular complexity index is 758. The zero-order valence-electron chi connectivity index (χ0n) is 14.6. The Morgan fingerprint density at radius 3 is 2.32 bits per heavy atom. The van der Waals surface area contributed by atoms with Crippen molar-refractivity contribution in [3.8, 4) is 0 Å². The lowest BCUT2D eigenvalue weighted by Crippen LogP contribution is -2.36. The first-order valence-corrected chi connectivity index (χ1v) is 7.98. The first kappa shape index (κ1) is 18.4. The van der Waals surface area contributed by atoms with Gasteiger partial charge < -0.3 is 15.5 Å². The van der Waals surface area contributed by atoms with Crippen LogP contribution in [0.2, 0.25) is 0 Å². The summed E-state index contributed by atoms with van der Waals surface area (Å²) in [4.78, 5) is 25.6. The van der Waals surface area contributed by atoms with Gasteiger partial charge in [-0.15, -0.1) is 0 Å². The fourth-order valence-electron chi connectivity index (χ4n) is 2.22. The summed E-state index contributed by atoms with van der Waals surface area (Å²) in [6, 6.07) is 12.2. The van der Waals surface area contributed by atoms with E-state index < -0.39 is 17.6 Å². The summed E-state index contributed by atoms with van der Waals surface area (Å²) < 4.78 is 13.4. The Hall–Kier alpha value is -2.89. The van der Waals surface area contributed by atoms with Gasteiger partial charge in [0.2, 0.25) is 0 Å². The van der Waals surface area contributed by atoms with E-state index in [1.165, 1.54) is 6.07 Å². The average molecular weight is 343 g/mol. The third-order valence-electron chi connectivity index (χ3n) is 3.79. The molecule has 2 aromatic carbocycles. The maximum Gasteiger partial charge on any atom is 0.313 e. The summed E-state index contributed by atoms with van der Waals surface area (Å²) in [7, 11) is 3.93. The lowest BCUT2D eigenvalue weighted by Gasteiger charge is -2.12. The Morgan fingerprint density at radius 1 is 1.04 bits per heavy atom. The van der Waals surface area contributed by atoms with Crippen LogP contribution >= 0.6 is 0 Å². The zero-order chi connectivity index (χ0) is 18.4. The van der Waals surface area contributed by atoms with E-state index in [9.17, 15) is 14.0 Å². The van der Waals surface area contributed by atoms with Crippen LogP contribution in [0.5, 0.6) is 0 Å². The minimum Gasteiger partial charge on any atom is -0.378 e. The second-order valence-corrected chi connectivity index (χ2v) is 5.98. The van der Waals surface area contributed by atoms with E-state index in [0.29, 0.717) is 18.5 Å². The molecule has 2 N–H and O–H groups in total. The number of hydrogen-bond donors (Lipinski definition) is 2. The molecule has 0 fully saturated rings. The predicted molar refractivity (Wildman–Crippen MR) is 97.2 cm³/mol. The van der Waals surface area contributed by atoms with Crippen LogP contribution in [0.25, 0.3) is 0 Å². The van der Waals surface area contributed by atoms with Crippen LogP contribution in [0.3, 0.4) is 0 Å². The molecule has 0 spiro atoms. The van der Waals surface area contributed by atoms with Crippen molar-refractivity contribution in [3.05, 3.63) is 59.4 Å². The zero-order valence-corrected chi connectivity index (χ0v) is 14.6. The highest BCUT2D eigenvalue weighted by Crippen LogP contribution is 2.14. The number of halogens is 1. The van der Waals surface area contributed by atoms with Crippen LogP contribution in [0.15, 0.2) is 42.5 Å². The summed E-state index contributed by atoms with van der Waals surface area (Å²) >= 11 is 0. The van der Waals surface area contributed by atoms with Crippen LogP contribution in [-0.2, 0) is 16.0 Å². The molecule has 0 aliphatic heterocycles. The summed E-state index contributed by atoms with van der Waals surface area (Å²) in [5.74, 6) is -1.99. The Morgan fingerprint density at radius 2 is 1.72 bits per heavy atom. The van der Waals surface area contributed by atoms with Gasteiger partial charge >= 0.3 is 11.8 Å². The van der Waals surface area contributed by atoms with E-state index >= 15 is 0 Å². The van der Waals surface area contributed by atoms with Gasteiger partial charge in [-0.05, 0) is 48.7 Å². The number of carbonyl (C=O) groups is 2. The molecule has 0 aliphatic carbocycles. The molecule has 0 radical (unpaired) electrons. The molecule has 0 aromatic heterocycles. The van der Waals surface area contributed by atoms with Crippen molar-refractivity contribution in [2.75, 3.05) is 30.9 Å². The fourth-order valence-corrected chi connectivity index (χ4v) is 2.22. The van der Waals surface area contributed by atoms with Crippen molar-refractivity contribution in [3.63, 3.8) is 0 Å². The Kier molecular flexibility index (Phi) is 6.11. The monoisotopic (exact) mass is 343 g/mol. The molecule has 2 amide bonds. The number of hydrogen-bond acceptors (Lipinski definition) is 3. The Labute approximate surface area is 146 Å². The fraction of sp³-hybridized carbons (Fsp3) is 0.263. The van der Waals surface area contributed by atoms with Gasteiger partial charge in [0.05, 0.1) is 0 Å². The lowest BCUT2D eigenvalue weighted by atomic mass is 10.1. The van der Waals surface area contributed by atoms with E-state index in [-0.39, 0.29) is 5.69 Å². The average Bonchev–Trinajstić information content (AvgIpc) is 2.58. The van der Waals surface area contributed by atoms with Gasteiger partial charge in [-0.25, -0.2) is 4.39 Å². The van der Waals surface area contributed by atoms with Crippen molar-refractivity contribution in [2.45, 2.75) is 13.3 Å². The molecular weight excluding hydrogens is 321 g/mol. The molecule has 5 nitrogen and oxygen atoms in total. The number of anilines is 2. The maximum absolute atomic E-state index is 13.4. The molecule has 0 saturated heterocycles. The highest BCUT2D eigenvalue weighted by Gasteiger charge is 2.13. The number of carbonyl (C=O) groups excluding carboxylic acids is 2. The molecule has 0 aliphatic rings. The summed E-state index contributed by atoms with van der Waals surface area (Å²) in [6.45, 7) is 1.97. The third kappa shape index (κ3) is 5.31. The van der Waals surface area contributed by atoms with E-state index in [1.54, 1.807) is 19.1 Å². The van der Waals surface area contributed by atoms with E-state index in [2.05, 4.69) is 10.6 Å². The summed E-state index contributed by atoms with van der Waals surface area (Å²) in [6.07, 6.45) is 0.617. The first-order chi connectivity index (χ1) is 11.9. The summed E-state index contributed by atoms with van der Waals surface area (Å²) in [5.41, 5.74) is 2.88. The number of aryl methyl sites for hydroxylation is 1. The van der Waals surface area contributed by atoms with Crippen molar-refractivity contribution in [1.82, 2.24) is 5.32 Å². The van der Waals surface area contributed by atoms with Gasteiger partial charge in [-0.2, -0.15) is 0 Å². The molecule has 0 unspecified atom stereocenters. The van der Waals surface area contributed by atoms with Crippen LogP contribution < -0.4 is 15.5 Å². The minimum absolute atomic E-state index is 0.252. The second kappa shape index (κ2) is 8.28. The molecule has 0 bridgehead atoms. The van der Waals surface area contributed by atoms with Gasteiger partial charge in [-0.3, -0.25) is 9.59 Å². The summed E-state index contributed by atoms with van der Waals surface area (Å²) in [5, 5.41) is 4.94. The van der Waals surface area contributed by atoms with Crippen molar-refractivity contribution >= 4 is 23.2 Å². The largest absolute Gasteiger partial charge is 0.378 e. The van der Waals surface area contributed by atoms with Crippen LogP contribution in [0, 0.1) is 12.7 Å². The SMILES string of the molecule is Cc1ccc(NC(=O)C(=O)NCCc2ccc(N(C)C)cc2)cc1F. The number of nitrogens with one attached hydrogen (secondary N) is 2. The molecule has 6 heteroatoms. The van der Waals surface area contributed by atoms with Crippen molar-refractivity contribution < 1.29 is 14.0 Å². The molecule has 25 heavy (non-hydrogen) atoms. The predicted octanol–water partition coefficient (Wildman–Crippen LogP) is 2.50. The number of nitrogens with zero attached hydrogens (tertiary/aromatic N) is 1. The highest BCUT2D eigenvalue weighted by atomic mass is 19.1. The Balaban J connectivity index is 1.81. The molecule has 0 heterocycles. The molecule has 2 aromatic rings. The second-order valence-electron chi connectivity index (χ2n) is 5.98. The van der Waals surface area contributed by atoms with Gasteiger partial charge in [0.15, 0.2) is 0 Å². The van der Waals surface area contributed by atoms with Crippen LogP contribution in [-0.4, -0.2) is 32.5 Å². The first-order valence-electron chi connectivity index (χ1n) is 7.98. The lowest BCUT2D eigenvalue weighted by molar-refractivity contribution is -0.136. The van der Waals surface area contributed by atoms with Gasteiger partial charge in [0.25, 0.3) is 0 Å². The third-order valence-corrected chi connectivity index (χ3v) is 3.79. The van der Waals surface area contributed by atoms with E-state index in [4.69, 9.17) is 0 Å². The van der Waals surface area contributed by atoms with Crippen molar-refractivity contribution in [2.24, 2.45) is 0 Å². The topological polar surface area (TPSA) is 61.4 Å². The van der Waals surface area contributed by atoms with Gasteiger partial charge in [0.1, 0.15) is 5.82 Å². The number of benzene rings is 2. The van der Waals surface area contributed by atoms with E-state index in [0.717, 1.165) is 11.3 Å². The van der Waals surface area contributed by atoms with Crippen LogP contribution in [0.4, 0.5) is 15.8 Å². The number of rotatable bonds is 5. The normalized spacial score (nSPS) is 10.2.